The molecule has 1 saturated heterocycles. The van der Waals surface area contributed by atoms with Gasteiger partial charge in [-0.25, -0.2) is 0 Å². The first kappa shape index (κ1) is 35.2. The average Bonchev–Trinajstić information content (AvgIpc) is 3.01. The number of carboxylic acids is 1. The topological polar surface area (TPSA) is 194 Å². The molecule has 6 rings (SSSR count). The number of aliphatic hydroxyl groups excluding tert-OH is 5. The van der Waals surface area contributed by atoms with Crippen molar-refractivity contribution in [3.8, 4) is 0 Å². The van der Waals surface area contributed by atoms with Crippen molar-refractivity contribution in [2.75, 3.05) is 6.61 Å². The van der Waals surface area contributed by atoms with E-state index in [2.05, 4.69) is 26.8 Å². The molecular formula is C36H56O11. The van der Waals surface area contributed by atoms with Gasteiger partial charge in [-0.1, -0.05) is 39.3 Å². The molecule has 11 heteroatoms. The molecule has 11 nitrogen and oxygen atoms in total. The summed E-state index contributed by atoms with van der Waals surface area (Å²) in [6.07, 6.45) is -1.18. The van der Waals surface area contributed by atoms with Crippen molar-refractivity contribution in [1.82, 2.24) is 0 Å². The number of esters is 1. The second-order valence-electron chi connectivity index (χ2n) is 17.3. The monoisotopic (exact) mass is 664 g/mol. The van der Waals surface area contributed by atoms with Crippen LogP contribution in [0.3, 0.4) is 0 Å². The van der Waals surface area contributed by atoms with Crippen molar-refractivity contribution in [3.05, 3.63) is 11.6 Å². The first-order valence-corrected chi connectivity index (χ1v) is 17.6. The Hall–Kier alpha value is -1.60. The van der Waals surface area contributed by atoms with Crippen molar-refractivity contribution < 1.29 is 54.8 Å². The predicted octanol–water partition coefficient (Wildman–Crippen LogP) is 2.53. The van der Waals surface area contributed by atoms with Crippen LogP contribution in [0.5, 0.6) is 0 Å². The fraction of sp³-hybridized carbons (Fsp3) is 0.889. The Morgan fingerprint density at radius 1 is 0.894 bits per heavy atom. The lowest BCUT2D eigenvalue weighted by Gasteiger charge is -2.71. The number of carbonyl (C=O) groups is 2. The SMILES string of the molecule is C[C@H]1CC[C@]2(C(=O)O[C@@H]3O[C@H](CO)[C@@H](O)[C@H](O)[C@H]3O)CC[C@]3(C)C(=CCC4[C@@]5(C)CC[C@H](O)[C@](C)(C(=O)O)C5CC[C@]43C)[C@@H]2[C@]1(C)O. The van der Waals surface area contributed by atoms with Gasteiger partial charge in [-0.2, -0.15) is 0 Å². The maximum absolute atomic E-state index is 14.5. The van der Waals surface area contributed by atoms with E-state index in [1.54, 1.807) is 13.8 Å². The van der Waals surface area contributed by atoms with Crippen LogP contribution in [0.2, 0.25) is 0 Å². The fourth-order valence-corrected chi connectivity index (χ4v) is 12.2. The third-order valence-corrected chi connectivity index (χ3v) is 15.6. The van der Waals surface area contributed by atoms with E-state index in [0.717, 1.165) is 18.4 Å². The highest BCUT2D eigenvalue weighted by Crippen LogP contribution is 2.76. The summed E-state index contributed by atoms with van der Waals surface area (Å²) in [5.74, 6) is -2.37. The van der Waals surface area contributed by atoms with E-state index in [-0.39, 0.29) is 28.6 Å². The van der Waals surface area contributed by atoms with Crippen LogP contribution in [0.1, 0.15) is 99.3 Å². The lowest BCUT2D eigenvalue weighted by molar-refractivity contribution is -0.299. The Balaban J connectivity index is 1.39. The molecule has 266 valence electrons. The predicted molar refractivity (Wildman–Crippen MR) is 168 cm³/mol. The summed E-state index contributed by atoms with van der Waals surface area (Å²) in [7, 11) is 0. The van der Waals surface area contributed by atoms with Gasteiger partial charge >= 0.3 is 11.9 Å². The second kappa shape index (κ2) is 11.2. The van der Waals surface area contributed by atoms with Crippen molar-refractivity contribution in [3.63, 3.8) is 0 Å². The van der Waals surface area contributed by atoms with E-state index in [9.17, 15) is 45.3 Å². The van der Waals surface area contributed by atoms with Crippen LogP contribution >= 0.6 is 0 Å². The first-order chi connectivity index (χ1) is 21.8. The summed E-state index contributed by atoms with van der Waals surface area (Å²) in [5, 5.41) is 74.8. The summed E-state index contributed by atoms with van der Waals surface area (Å²) in [6, 6.07) is 0. The van der Waals surface area contributed by atoms with Gasteiger partial charge in [0.15, 0.2) is 0 Å². The van der Waals surface area contributed by atoms with Gasteiger partial charge in [0.25, 0.3) is 0 Å². The molecule has 0 bridgehead atoms. The van der Waals surface area contributed by atoms with Crippen LogP contribution in [-0.4, -0.2) is 96.7 Å². The number of carboxylic acid groups (broad SMARTS) is 1. The van der Waals surface area contributed by atoms with Crippen LogP contribution in [0.25, 0.3) is 0 Å². The minimum Gasteiger partial charge on any atom is -0.481 e. The van der Waals surface area contributed by atoms with Gasteiger partial charge in [-0.05, 0) is 106 Å². The summed E-state index contributed by atoms with van der Waals surface area (Å²) in [4.78, 5) is 27.2. The molecule has 1 heterocycles. The summed E-state index contributed by atoms with van der Waals surface area (Å²) in [5.41, 5.74) is -3.64. The molecule has 0 spiro atoms. The average molecular weight is 665 g/mol. The van der Waals surface area contributed by atoms with E-state index in [4.69, 9.17) is 9.47 Å². The van der Waals surface area contributed by atoms with E-state index >= 15 is 0 Å². The number of hydrogen-bond acceptors (Lipinski definition) is 10. The lowest BCUT2D eigenvalue weighted by Crippen LogP contribution is -2.69. The van der Waals surface area contributed by atoms with Crippen molar-refractivity contribution in [2.24, 2.45) is 50.7 Å². The number of hydrogen-bond donors (Lipinski definition) is 7. The Labute approximate surface area is 277 Å². The third-order valence-electron chi connectivity index (χ3n) is 15.6. The highest BCUT2D eigenvalue weighted by atomic mass is 16.7. The molecule has 4 saturated carbocycles. The number of rotatable bonds is 4. The molecule has 0 amide bonds. The smallest absolute Gasteiger partial charge is 0.315 e. The Kier molecular flexibility index (Phi) is 8.40. The highest BCUT2D eigenvalue weighted by molar-refractivity contribution is 5.79. The second-order valence-corrected chi connectivity index (χ2v) is 17.3. The molecule has 5 aliphatic carbocycles. The van der Waals surface area contributed by atoms with Crippen molar-refractivity contribution in [2.45, 2.75) is 142 Å². The van der Waals surface area contributed by atoms with Gasteiger partial charge in [0.2, 0.25) is 6.29 Å². The molecule has 7 N–H and O–H groups in total. The highest BCUT2D eigenvalue weighted by Gasteiger charge is 2.72. The van der Waals surface area contributed by atoms with E-state index < -0.39 is 83.1 Å². The number of fused-ring (bicyclic) bond motifs is 7. The summed E-state index contributed by atoms with van der Waals surface area (Å²) < 4.78 is 11.4. The molecule has 2 unspecified atom stereocenters. The first-order valence-electron chi connectivity index (χ1n) is 17.6. The Morgan fingerprint density at radius 2 is 1.57 bits per heavy atom. The largest absolute Gasteiger partial charge is 0.481 e. The zero-order valence-corrected chi connectivity index (χ0v) is 28.7. The van der Waals surface area contributed by atoms with E-state index in [1.807, 2.05) is 6.92 Å². The molecule has 47 heavy (non-hydrogen) atoms. The van der Waals surface area contributed by atoms with Gasteiger partial charge in [0.1, 0.15) is 24.4 Å². The molecule has 1 aliphatic heterocycles. The van der Waals surface area contributed by atoms with Crippen LogP contribution in [-0.2, 0) is 19.1 Å². The summed E-state index contributed by atoms with van der Waals surface area (Å²) in [6.45, 7) is 11.7. The zero-order chi connectivity index (χ0) is 34.7. The van der Waals surface area contributed by atoms with E-state index in [1.165, 1.54) is 0 Å². The molecule has 0 aromatic rings. The Bertz CT molecular complexity index is 1310. The van der Waals surface area contributed by atoms with Crippen LogP contribution in [0.15, 0.2) is 11.6 Å². The van der Waals surface area contributed by atoms with Crippen molar-refractivity contribution >= 4 is 11.9 Å². The fourth-order valence-electron chi connectivity index (χ4n) is 12.2. The number of allylic oxidation sites excluding steroid dienone is 1. The normalized spacial score (nSPS) is 55.8. The van der Waals surface area contributed by atoms with Gasteiger partial charge in [0, 0.05) is 5.92 Å². The standard InChI is InChI=1S/C36H56O11/c1-18-9-14-36(30(44)47-28-26(41)25(40)24(39)20(17-37)46-28)16-15-32(3)19(27(36)35(18,6)45)7-8-21-31(2)12-11-23(38)34(5,29(42)43)22(31)10-13-33(21,32)4/h7,18,20-28,37-41,45H,8-17H2,1-6H3,(H,42,43)/t18-,20+,21?,22?,23-,24+,25-,26+,27+,28-,31+,32+,33+,34+,35+,36-/m0/s1. The molecular weight excluding hydrogens is 608 g/mol. The summed E-state index contributed by atoms with van der Waals surface area (Å²) >= 11 is 0. The molecule has 16 atom stereocenters. The number of ether oxygens (including phenoxy) is 2. The number of aliphatic carboxylic acids is 1. The number of carbonyl (C=O) groups excluding carboxylic acids is 1. The van der Waals surface area contributed by atoms with Gasteiger partial charge in [-0.3, -0.25) is 9.59 Å². The molecule has 6 aliphatic rings. The molecule has 0 aromatic carbocycles. The van der Waals surface area contributed by atoms with Gasteiger partial charge < -0.3 is 45.2 Å². The Morgan fingerprint density at radius 3 is 2.21 bits per heavy atom. The maximum atomic E-state index is 14.5. The lowest BCUT2D eigenvalue weighted by atomic mass is 9.33. The molecule has 5 fully saturated rings. The third kappa shape index (κ3) is 4.49. The van der Waals surface area contributed by atoms with Crippen LogP contribution in [0.4, 0.5) is 0 Å². The van der Waals surface area contributed by atoms with Crippen molar-refractivity contribution in [1.29, 1.82) is 0 Å². The van der Waals surface area contributed by atoms with Gasteiger partial charge in [0.05, 0.1) is 29.1 Å². The molecule has 0 aromatic heterocycles. The van der Waals surface area contributed by atoms with Crippen LogP contribution in [0, 0.1) is 50.7 Å². The quantitative estimate of drug-likeness (QED) is 0.172. The zero-order valence-electron chi connectivity index (χ0n) is 28.7. The molecule has 0 radical (unpaired) electrons. The maximum Gasteiger partial charge on any atom is 0.315 e. The minimum absolute atomic E-state index is 0.126. The van der Waals surface area contributed by atoms with Crippen LogP contribution < -0.4 is 0 Å². The van der Waals surface area contributed by atoms with E-state index in [0.29, 0.717) is 44.9 Å². The van der Waals surface area contributed by atoms with Gasteiger partial charge in [-0.15, -0.1) is 0 Å². The minimum atomic E-state index is -1.72. The number of aliphatic hydroxyl groups is 6.